The van der Waals surface area contributed by atoms with Crippen molar-refractivity contribution in [3.63, 3.8) is 0 Å². The molecule has 0 unspecified atom stereocenters. The maximum absolute atomic E-state index is 12.0. The molecule has 0 radical (unpaired) electrons. The summed E-state index contributed by atoms with van der Waals surface area (Å²) in [5.74, 6) is 1.31. The smallest absolute Gasteiger partial charge is 0.226 e. The van der Waals surface area contributed by atoms with Crippen LogP contribution in [0.5, 0.6) is 0 Å². The van der Waals surface area contributed by atoms with Gasteiger partial charge in [0.25, 0.3) is 0 Å². The van der Waals surface area contributed by atoms with E-state index in [0.717, 1.165) is 30.6 Å². The van der Waals surface area contributed by atoms with Crippen molar-refractivity contribution in [1.82, 2.24) is 15.5 Å². The summed E-state index contributed by atoms with van der Waals surface area (Å²) in [4.78, 5) is 17.3. The molecule has 6 nitrogen and oxygen atoms in total. The van der Waals surface area contributed by atoms with E-state index >= 15 is 0 Å². The Labute approximate surface area is 151 Å². The summed E-state index contributed by atoms with van der Waals surface area (Å²) in [7, 11) is 0. The van der Waals surface area contributed by atoms with Gasteiger partial charge in [0.15, 0.2) is 0 Å². The molecule has 2 aromatic heterocycles. The molecular formula is C16H23ClN4O2S. The third kappa shape index (κ3) is 5.29. The molecule has 1 amide bonds. The fourth-order valence-corrected chi connectivity index (χ4v) is 3.48. The monoisotopic (exact) mass is 370 g/mol. The molecule has 0 aliphatic heterocycles. The molecule has 0 bridgehead atoms. The van der Waals surface area contributed by atoms with Crippen LogP contribution in [0.1, 0.15) is 44.4 Å². The van der Waals surface area contributed by atoms with Gasteiger partial charge in [-0.05, 0) is 43.6 Å². The third-order valence-electron chi connectivity index (χ3n) is 4.14. The second-order valence-corrected chi connectivity index (χ2v) is 6.97. The summed E-state index contributed by atoms with van der Waals surface area (Å²) in [6.07, 6.45) is 5.79. The SMILES string of the molecule is Cl.NC1CCC(NC(=O)CCCc2nc(-c3cccs3)no2)CC1. The number of carbonyl (C=O) groups is 1. The number of carbonyl (C=O) groups excluding carboxylic acids is 1. The molecule has 3 rings (SSSR count). The molecule has 2 aromatic rings. The van der Waals surface area contributed by atoms with Crippen molar-refractivity contribution in [2.45, 2.75) is 57.0 Å². The van der Waals surface area contributed by atoms with Crippen molar-refractivity contribution in [2.75, 3.05) is 0 Å². The highest BCUT2D eigenvalue weighted by atomic mass is 35.5. The standard InChI is InChI=1S/C16H22N4O2S.ClH/c17-11-6-8-12(9-7-11)18-14(21)4-1-5-15-19-16(20-22-15)13-3-2-10-23-13;/h2-3,10-12H,1,4-9,17H2,(H,18,21);1H. The average molecular weight is 371 g/mol. The van der Waals surface area contributed by atoms with Gasteiger partial charge in [0.2, 0.25) is 17.6 Å². The Morgan fingerprint density at radius 3 is 2.88 bits per heavy atom. The van der Waals surface area contributed by atoms with Crippen molar-refractivity contribution >= 4 is 29.7 Å². The van der Waals surface area contributed by atoms with Gasteiger partial charge in [-0.1, -0.05) is 11.2 Å². The highest BCUT2D eigenvalue weighted by Gasteiger charge is 2.19. The zero-order valence-corrected chi connectivity index (χ0v) is 15.1. The van der Waals surface area contributed by atoms with Crippen LogP contribution in [0.3, 0.4) is 0 Å². The summed E-state index contributed by atoms with van der Waals surface area (Å²) < 4.78 is 5.23. The number of rotatable bonds is 6. The van der Waals surface area contributed by atoms with Gasteiger partial charge < -0.3 is 15.6 Å². The number of thiophene rings is 1. The minimum Gasteiger partial charge on any atom is -0.353 e. The van der Waals surface area contributed by atoms with Gasteiger partial charge in [-0.2, -0.15) is 4.98 Å². The van der Waals surface area contributed by atoms with Gasteiger partial charge in [-0.25, -0.2) is 0 Å². The van der Waals surface area contributed by atoms with Crippen LogP contribution in [-0.2, 0) is 11.2 Å². The fourth-order valence-electron chi connectivity index (χ4n) is 2.83. The van der Waals surface area contributed by atoms with Crippen LogP contribution in [0.2, 0.25) is 0 Å². The number of halogens is 1. The van der Waals surface area contributed by atoms with Crippen LogP contribution < -0.4 is 11.1 Å². The minimum atomic E-state index is 0. The molecule has 0 spiro atoms. The topological polar surface area (TPSA) is 94.0 Å². The summed E-state index contributed by atoms with van der Waals surface area (Å²) >= 11 is 1.58. The number of hydrogen-bond donors (Lipinski definition) is 2. The number of nitrogens with two attached hydrogens (primary N) is 1. The van der Waals surface area contributed by atoms with Crippen molar-refractivity contribution in [3.8, 4) is 10.7 Å². The summed E-state index contributed by atoms with van der Waals surface area (Å²) in [6, 6.07) is 4.51. The van der Waals surface area contributed by atoms with Crippen LogP contribution in [-0.4, -0.2) is 28.1 Å². The number of aryl methyl sites for hydroxylation is 1. The Hall–Kier alpha value is -1.44. The van der Waals surface area contributed by atoms with E-state index in [2.05, 4.69) is 15.5 Å². The first-order valence-electron chi connectivity index (χ1n) is 8.12. The van der Waals surface area contributed by atoms with E-state index in [1.165, 1.54) is 0 Å². The predicted molar refractivity (Wildman–Crippen MR) is 96.2 cm³/mol. The van der Waals surface area contributed by atoms with E-state index in [-0.39, 0.29) is 24.4 Å². The summed E-state index contributed by atoms with van der Waals surface area (Å²) in [6.45, 7) is 0. The number of aromatic nitrogens is 2. The first-order valence-corrected chi connectivity index (χ1v) is 9.00. The molecule has 1 fully saturated rings. The van der Waals surface area contributed by atoms with Gasteiger partial charge in [-0.3, -0.25) is 4.79 Å². The molecule has 8 heteroatoms. The number of amides is 1. The molecule has 0 atom stereocenters. The van der Waals surface area contributed by atoms with E-state index in [1.807, 2.05) is 17.5 Å². The van der Waals surface area contributed by atoms with Gasteiger partial charge >= 0.3 is 0 Å². The lowest BCUT2D eigenvalue weighted by Gasteiger charge is -2.26. The Morgan fingerprint density at radius 1 is 1.38 bits per heavy atom. The zero-order chi connectivity index (χ0) is 16.1. The molecular weight excluding hydrogens is 348 g/mol. The van der Waals surface area contributed by atoms with Crippen molar-refractivity contribution in [3.05, 3.63) is 23.4 Å². The number of hydrogen-bond acceptors (Lipinski definition) is 6. The lowest BCUT2D eigenvalue weighted by atomic mass is 9.92. The first kappa shape index (κ1) is 18.9. The molecule has 1 aliphatic rings. The van der Waals surface area contributed by atoms with E-state index in [4.69, 9.17) is 10.3 Å². The van der Waals surface area contributed by atoms with Gasteiger partial charge in [0.1, 0.15) is 0 Å². The number of nitrogens with one attached hydrogen (secondary N) is 1. The summed E-state index contributed by atoms with van der Waals surface area (Å²) in [5.41, 5.74) is 5.87. The second-order valence-electron chi connectivity index (χ2n) is 6.02. The Balaban J connectivity index is 0.00000208. The lowest BCUT2D eigenvalue weighted by molar-refractivity contribution is -0.122. The maximum atomic E-state index is 12.0. The number of nitrogens with zero attached hydrogens (tertiary/aromatic N) is 2. The van der Waals surface area contributed by atoms with Crippen LogP contribution in [0.15, 0.2) is 22.0 Å². The fraction of sp³-hybridized carbons (Fsp3) is 0.562. The maximum Gasteiger partial charge on any atom is 0.226 e. The molecule has 132 valence electrons. The van der Waals surface area contributed by atoms with Crippen molar-refractivity contribution in [1.29, 1.82) is 0 Å². The van der Waals surface area contributed by atoms with Crippen LogP contribution in [0.25, 0.3) is 10.7 Å². The van der Waals surface area contributed by atoms with E-state index in [0.29, 0.717) is 37.0 Å². The van der Waals surface area contributed by atoms with E-state index in [1.54, 1.807) is 11.3 Å². The largest absolute Gasteiger partial charge is 0.353 e. The normalized spacial score (nSPS) is 20.4. The third-order valence-corrected chi connectivity index (χ3v) is 5.01. The van der Waals surface area contributed by atoms with Gasteiger partial charge in [0.05, 0.1) is 4.88 Å². The Kier molecular flexibility index (Phi) is 7.20. The summed E-state index contributed by atoms with van der Waals surface area (Å²) in [5, 5.41) is 9.04. The Morgan fingerprint density at radius 2 is 2.17 bits per heavy atom. The van der Waals surface area contributed by atoms with Gasteiger partial charge in [0, 0.05) is 24.9 Å². The molecule has 1 aliphatic carbocycles. The Bertz CT molecular complexity index is 624. The molecule has 0 saturated heterocycles. The second kappa shape index (κ2) is 9.15. The minimum absolute atomic E-state index is 0. The lowest BCUT2D eigenvalue weighted by Crippen LogP contribution is -2.40. The van der Waals surface area contributed by atoms with E-state index in [9.17, 15) is 4.79 Å². The van der Waals surface area contributed by atoms with Crippen LogP contribution in [0, 0.1) is 0 Å². The predicted octanol–water partition coefficient (Wildman–Crippen LogP) is 2.93. The van der Waals surface area contributed by atoms with E-state index < -0.39 is 0 Å². The van der Waals surface area contributed by atoms with Gasteiger partial charge in [-0.15, -0.1) is 23.7 Å². The van der Waals surface area contributed by atoms with Crippen LogP contribution >= 0.6 is 23.7 Å². The zero-order valence-electron chi connectivity index (χ0n) is 13.4. The molecule has 0 aromatic carbocycles. The highest BCUT2D eigenvalue weighted by Crippen LogP contribution is 2.21. The van der Waals surface area contributed by atoms with Crippen molar-refractivity contribution in [2.24, 2.45) is 5.73 Å². The highest BCUT2D eigenvalue weighted by molar-refractivity contribution is 7.13. The molecule has 3 N–H and O–H groups in total. The first-order chi connectivity index (χ1) is 11.2. The molecule has 2 heterocycles. The molecule has 1 saturated carbocycles. The van der Waals surface area contributed by atoms with Crippen LogP contribution in [0.4, 0.5) is 0 Å². The van der Waals surface area contributed by atoms with Crippen molar-refractivity contribution < 1.29 is 9.32 Å². The average Bonchev–Trinajstić information content (AvgIpc) is 3.20. The molecule has 24 heavy (non-hydrogen) atoms. The quantitative estimate of drug-likeness (QED) is 0.815.